The van der Waals surface area contributed by atoms with Gasteiger partial charge in [-0.2, -0.15) is 0 Å². The fraction of sp³-hybridized carbons (Fsp3) is 0.538. The maximum atomic E-state index is 11.9. The molecule has 0 spiro atoms. The fourth-order valence-electron chi connectivity index (χ4n) is 2.40. The van der Waals surface area contributed by atoms with Crippen LogP contribution in [0.2, 0.25) is 0 Å². The lowest BCUT2D eigenvalue weighted by molar-refractivity contribution is -0.117. The molecule has 0 aromatic carbocycles. The third-order valence-electron chi connectivity index (χ3n) is 3.46. The van der Waals surface area contributed by atoms with Crippen molar-refractivity contribution in [3.8, 4) is 5.75 Å². The normalized spacial score (nSPS) is 22.4. The molecule has 4 N–H and O–H groups in total. The van der Waals surface area contributed by atoms with Gasteiger partial charge in [-0.25, -0.2) is 4.98 Å². The molecule has 106 valence electrons. The number of halogens is 1. The Labute approximate surface area is 119 Å². The number of hydrogen-bond donors (Lipinski definition) is 3. The van der Waals surface area contributed by atoms with E-state index < -0.39 is 0 Å². The number of aromatic nitrogens is 1. The molecule has 19 heavy (non-hydrogen) atoms. The Hall–Kier alpha value is -1.33. The second-order valence-electron chi connectivity index (χ2n) is 4.83. The van der Waals surface area contributed by atoms with Gasteiger partial charge < -0.3 is 16.2 Å². The van der Waals surface area contributed by atoms with Gasteiger partial charge >= 0.3 is 0 Å². The van der Waals surface area contributed by atoms with Crippen LogP contribution in [0, 0.1) is 5.92 Å². The standard InChI is InChI=1S/C13H19N3O2.ClH/c14-10-5-2-1-4-9(10)8-12(18)16-13-11(17)6-3-7-15-13;/h3,6-7,9-10,17H,1-2,4-5,8,14H2,(H,15,16,18);1H. The van der Waals surface area contributed by atoms with Crippen LogP contribution >= 0.6 is 12.4 Å². The number of nitrogens with zero attached hydrogens (tertiary/aromatic N) is 1. The molecule has 0 saturated heterocycles. The van der Waals surface area contributed by atoms with Gasteiger partial charge in [-0.1, -0.05) is 12.8 Å². The van der Waals surface area contributed by atoms with E-state index in [1.54, 1.807) is 6.07 Å². The highest BCUT2D eigenvalue weighted by Gasteiger charge is 2.24. The summed E-state index contributed by atoms with van der Waals surface area (Å²) >= 11 is 0. The van der Waals surface area contributed by atoms with Crippen molar-refractivity contribution in [1.82, 2.24) is 4.98 Å². The van der Waals surface area contributed by atoms with Gasteiger partial charge in [0.1, 0.15) is 0 Å². The average molecular weight is 286 g/mol. The summed E-state index contributed by atoms with van der Waals surface area (Å²) in [7, 11) is 0. The molecule has 1 saturated carbocycles. The van der Waals surface area contributed by atoms with E-state index in [0.717, 1.165) is 25.7 Å². The van der Waals surface area contributed by atoms with Crippen molar-refractivity contribution in [2.75, 3.05) is 5.32 Å². The molecule has 1 aromatic heterocycles. The van der Waals surface area contributed by atoms with Crippen LogP contribution in [-0.4, -0.2) is 22.0 Å². The van der Waals surface area contributed by atoms with E-state index >= 15 is 0 Å². The first-order valence-corrected chi connectivity index (χ1v) is 6.36. The van der Waals surface area contributed by atoms with E-state index in [9.17, 15) is 9.90 Å². The number of anilines is 1. The molecule has 6 heteroatoms. The Kier molecular flexibility index (Phi) is 6.05. The van der Waals surface area contributed by atoms with Crippen molar-refractivity contribution in [3.05, 3.63) is 18.3 Å². The molecule has 2 unspecified atom stereocenters. The maximum Gasteiger partial charge on any atom is 0.225 e. The highest BCUT2D eigenvalue weighted by molar-refractivity contribution is 5.91. The molecule has 2 rings (SSSR count). The zero-order valence-corrected chi connectivity index (χ0v) is 11.5. The van der Waals surface area contributed by atoms with E-state index in [0.29, 0.717) is 6.42 Å². The lowest BCUT2D eigenvalue weighted by atomic mass is 9.83. The summed E-state index contributed by atoms with van der Waals surface area (Å²) in [6, 6.07) is 3.22. The Morgan fingerprint density at radius 3 is 2.89 bits per heavy atom. The summed E-state index contributed by atoms with van der Waals surface area (Å²) in [4.78, 5) is 15.8. The second kappa shape index (κ2) is 7.31. The molecule has 1 fully saturated rings. The van der Waals surface area contributed by atoms with E-state index in [-0.39, 0.29) is 41.8 Å². The number of pyridine rings is 1. The number of amides is 1. The number of hydrogen-bond acceptors (Lipinski definition) is 4. The van der Waals surface area contributed by atoms with Crippen LogP contribution in [0.4, 0.5) is 5.82 Å². The van der Waals surface area contributed by atoms with Crippen molar-refractivity contribution >= 4 is 24.1 Å². The zero-order valence-electron chi connectivity index (χ0n) is 10.7. The quantitative estimate of drug-likeness (QED) is 0.793. The third-order valence-corrected chi connectivity index (χ3v) is 3.46. The van der Waals surface area contributed by atoms with Gasteiger partial charge in [-0.15, -0.1) is 12.4 Å². The van der Waals surface area contributed by atoms with Crippen LogP contribution in [0.5, 0.6) is 5.75 Å². The highest BCUT2D eigenvalue weighted by atomic mass is 35.5. The molecule has 0 bridgehead atoms. The van der Waals surface area contributed by atoms with Gasteiger partial charge in [0.05, 0.1) is 0 Å². The van der Waals surface area contributed by atoms with E-state index in [2.05, 4.69) is 10.3 Å². The molecular weight excluding hydrogens is 266 g/mol. The summed E-state index contributed by atoms with van der Waals surface area (Å²) in [6.45, 7) is 0. The summed E-state index contributed by atoms with van der Waals surface area (Å²) in [5, 5.41) is 12.1. The van der Waals surface area contributed by atoms with Crippen molar-refractivity contribution in [3.63, 3.8) is 0 Å². The number of nitrogens with one attached hydrogen (secondary N) is 1. The van der Waals surface area contributed by atoms with E-state index in [1.807, 2.05) is 0 Å². The molecule has 2 atom stereocenters. The first-order chi connectivity index (χ1) is 8.66. The third kappa shape index (κ3) is 4.36. The molecule has 0 radical (unpaired) electrons. The van der Waals surface area contributed by atoms with Gasteiger partial charge in [-0.3, -0.25) is 4.79 Å². The summed E-state index contributed by atoms with van der Waals surface area (Å²) in [5.41, 5.74) is 6.01. The fourth-order valence-corrected chi connectivity index (χ4v) is 2.40. The Bertz CT molecular complexity index is 428. The van der Waals surface area contributed by atoms with Crippen LogP contribution in [0.3, 0.4) is 0 Å². The Morgan fingerprint density at radius 2 is 2.21 bits per heavy atom. The van der Waals surface area contributed by atoms with Gasteiger partial charge in [0, 0.05) is 18.7 Å². The largest absolute Gasteiger partial charge is 0.504 e. The summed E-state index contributed by atoms with van der Waals surface area (Å²) < 4.78 is 0. The van der Waals surface area contributed by atoms with Crippen LogP contribution in [0.1, 0.15) is 32.1 Å². The minimum Gasteiger partial charge on any atom is -0.504 e. The van der Waals surface area contributed by atoms with Crippen LogP contribution in [0.25, 0.3) is 0 Å². The summed E-state index contributed by atoms with van der Waals surface area (Å²) in [6.07, 6.45) is 6.22. The lowest BCUT2D eigenvalue weighted by Gasteiger charge is -2.27. The molecule has 5 nitrogen and oxygen atoms in total. The van der Waals surface area contributed by atoms with Crippen LogP contribution in [-0.2, 0) is 4.79 Å². The number of carbonyl (C=O) groups is 1. The SMILES string of the molecule is Cl.NC1CCCCC1CC(=O)Nc1ncccc1O. The van der Waals surface area contributed by atoms with E-state index in [1.165, 1.54) is 12.3 Å². The molecule has 1 aliphatic carbocycles. The second-order valence-corrected chi connectivity index (χ2v) is 4.83. The number of rotatable bonds is 3. The van der Waals surface area contributed by atoms with Crippen molar-refractivity contribution in [2.24, 2.45) is 11.7 Å². The minimum atomic E-state index is -0.133. The highest BCUT2D eigenvalue weighted by Crippen LogP contribution is 2.26. The predicted octanol–water partition coefficient (Wildman–Crippen LogP) is 2.06. The van der Waals surface area contributed by atoms with Crippen molar-refractivity contribution in [2.45, 2.75) is 38.1 Å². The predicted molar refractivity (Wildman–Crippen MR) is 76.3 cm³/mol. The summed E-state index contributed by atoms with van der Waals surface area (Å²) in [5.74, 6) is 0.307. The van der Waals surface area contributed by atoms with Crippen molar-refractivity contribution < 1.29 is 9.90 Å². The Morgan fingerprint density at radius 1 is 1.47 bits per heavy atom. The molecule has 1 heterocycles. The number of nitrogens with two attached hydrogens (primary N) is 1. The van der Waals surface area contributed by atoms with Gasteiger partial charge in [0.15, 0.2) is 11.6 Å². The first kappa shape index (κ1) is 15.7. The average Bonchev–Trinajstić information content (AvgIpc) is 2.35. The number of carbonyl (C=O) groups excluding carboxylic acids is 1. The topological polar surface area (TPSA) is 88.2 Å². The monoisotopic (exact) mass is 285 g/mol. The van der Waals surface area contributed by atoms with Gasteiger partial charge in [-0.05, 0) is 30.9 Å². The smallest absolute Gasteiger partial charge is 0.225 e. The maximum absolute atomic E-state index is 11.9. The lowest BCUT2D eigenvalue weighted by Crippen LogP contribution is -2.35. The zero-order chi connectivity index (χ0) is 13.0. The Balaban J connectivity index is 0.00000180. The molecule has 1 aliphatic rings. The number of aromatic hydroxyl groups is 1. The minimum absolute atomic E-state index is 0. The van der Waals surface area contributed by atoms with Crippen LogP contribution in [0.15, 0.2) is 18.3 Å². The molecule has 1 amide bonds. The van der Waals surface area contributed by atoms with Crippen LogP contribution < -0.4 is 11.1 Å². The molecule has 1 aromatic rings. The van der Waals surface area contributed by atoms with Gasteiger partial charge in [0.2, 0.25) is 5.91 Å². The van der Waals surface area contributed by atoms with Gasteiger partial charge in [0.25, 0.3) is 0 Å². The van der Waals surface area contributed by atoms with Crippen molar-refractivity contribution in [1.29, 1.82) is 0 Å². The molecule has 0 aliphatic heterocycles. The first-order valence-electron chi connectivity index (χ1n) is 6.36. The van der Waals surface area contributed by atoms with E-state index in [4.69, 9.17) is 5.73 Å². The molecular formula is C13H20ClN3O2.